The summed E-state index contributed by atoms with van der Waals surface area (Å²) in [7, 11) is 0. The molecule has 2 nitrogen and oxygen atoms in total. The fourth-order valence-corrected chi connectivity index (χ4v) is 1.53. The second-order valence-electron chi connectivity index (χ2n) is 3.55. The van der Waals surface area contributed by atoms with Gasteiger partial charge in [-0.25, -0.2) is 0 Å². The van der Waals surface area contributed by atoms with Gasteiger partial charge in [0.15, 0.2) is 0 Å². The molecule has 1 unspecified atom stereocenters. The highest BCUT2D eigenvalue weighted by molar-refractivity contribution is 5.46. The van der Waals surface area contributed by atoms with Gasteiger partial charge in [-0.1, -0.05) is 19.1 Å². The molecule has 2 heteroatoms. The van der Waals surface area contributed by atoms with Gasteiger partial charge in [-0.2, -0.15) is 0 Å². The zero-order chi connectivity index (χ0) is 10.0. The number of hydrogen-bond donors (Lipinski definition) is 2. The lowest BCUT2D eigenvalue weighted by Gasteiger charge is -2.15. The van der Waals surface area contributed by atoms with Gasteiger partial charge in [0.2, 0.25) is 0 Å². The highest BCUT2D eigenvalue weighted by atomic mass is 16.3. The third-order valence-electron chi connectivity index (χ3n) is 2.40. The van der Waals surface area contributed by atoms with E-state index < -0.39 is 0 Å². The van der Waals surface area contributed by atoms with Crippen LogP contribution in [0.2, 0.25) is 0 Å². The maximum absolute atomic E-state index is 9.77. The zero-order valence-corrected chi connectivity index (χ0v) is 8.33. The normalized spacial score (nSPS) is 12.9. The molecule has 0 aliphatic heterocycles. The maximum atomic E-state index is 9.77. The highest BCUT2D eigenvalue weighted by Crippen LogP contribution is 2.31. The molecule has 0 radical (unpaired) electrons. The SMILES string of the molecule is Cc1ccc(C)c(C(C)CO)c1O. The largest absolute Gasteiger partial charge is 0.507 e. The van der Waals surface area contributed by atoms with Crippen LogP contribution in [0.3, 0.4) is 0 Å². The molecule has 13 heavy (non-hydrogen) atoms. The number of rotatable bonds is 2. The Morgan fingerprint density at radius 3 is 2.31 bits per heavy atom. The Balaban J connectivity index is 3.25. The summed E-state index contributed by atoms with van der Waals surface area (Å²) in [4.78, 5) is 0. The van der Waals surface area contributed by atoms with Gasteiger partial charge in [0.1, 0.15) is 5.75 Å². The third kappa shape index (κ3) is 1.83. The minimum Gasteiger partial charge on any atom is -0.507 e. The number of phenolic OH excluding ortho intramolecular Hbond substituents is 1. The summed E-state index contributed by atoms with van der Waals surface area (Å²) < 4.78 is 0. The minimum atomic E-state index is -0.0000926. The first kappa shape index (κ1) is 10.1. The number of aromatic hydroxyl groups is 1. The predicted molar refractivity (Wildman–Crippen MR) is 53.1 cm³/mol. The van der Waals surface area contributed by atoms with Crippen LogP contribution >= 0.6 is 0 Å². The molecule has 0 saturated carbocycles. The molecule has 2 N–H and O–H groups in total. The average Bonchev–Trinajstić information content (AvgIpc) is 2.12. The van der Waals surface area contributed by atoms with Crippen LogP contribution in [0, 0.1) is 13.8 Å². The number of aliphatic hydroxyl groups excluding tert-OH is 1. The molecular formula is C11H16O2. The number of benzene rings is 1. The second kappa shape index (κ2) is 3.79. The van der Waals surface area contributed by atoms with Crippen LogP contribution in [-0.2, 0) is 0 Å². The quantitative estimate of drug-likeness (QED) is 0.731. The Morgan fingerprint density at radius 1 is 1.23 bits per heavy atom. The van der Waals surface area contributed by atoms with Crippen LogP contribution in [-0.4, -0.2) is 16.8 Å². The van der Waals surface area contributed by atoms with E-state index in [1.54, 1.807) is 0 Å². The number of hydrogen-bond acceptors (Lipinski definition) is 2. The second-order valence-corrected chi connectivity index (χ2v) is 3.55. The lowest BCUT2D eigenvalue weighted by molar-refractivity contribution is 0.270. The average molecular weight is 180 g/mol. The Kier molecular flexibility index (Phi) is 2.94. The van der Waals surface area contributed by atoms with E-state index in [4.69, 9.17) is 5.11 Å². The van der Waals surface area contributed by atoms with E-state index >= 15 is 0 Å². The van der Waals surface area contributed by atoms with E-state index in [0.717, 1.165) is 16.7 Å². The molecule has 0 aliphatic rings. The van der Waals surface area contributed by atoms with Crippen LogP contribution in [0.15, 0.2) is 12.1 Å². The van der Waals surface area contributed by atoms with Crippen molar-refractivity contribution in [3.63, 3.8) is 0 Å². The third-order valence-corrected chi connectivity index (χ3v) is 2.40. The Morgan fingerprint density at radius 2 is 1.77 bits per heavy atom. The summed E-state index contributed by atoms with van der Waals surface area (Å²) in [5, 5.41) is 18.8. The van der Waals surface area contributed by atoms with Crippen molar-refractivity contribution in [1.82, 2.24) is 0 Å². The van der Waals surface area contributed by atoms with E-state index in [0.29, 0.717) is 5.75 Å². The molecule has 1 rings (SSSR count). The summed E-state index contributed by atoms with van der Waals surface area (Å²) in [5.74, 6) is 0.321. The van der Waals surface area contributed by atoms with Gasteiger partial charge in [0, 0.05) is 18.1 Å². The number of phenols is 1. The maximum Gasteiger partial charge on any atom is 0.122 e. The molecule has 72 valence electrons. The first-order valence-corrected chi connectivity index (χ1v) is 4.47. The van der Waals surface area contributed by atoms with Crippen molar-refractivity contribution >= 4 is 0 Å². The number of aliphatic hydroxyl groups is 1. The summed E-state index contributed by atoms with van der Waals surface area (Å²) in [6, 6.07) is 3.86. The van der Waals surface area contributed by atoms with Crippen LogP contribution in [0.5, 0.6) is 5.75 Å². The van der Waals surface area contributed by atoms with Crippen LogP contribution in [0.4, 0.5) is 0 Å². The summed E-state index contributed by atoms with van der Waals surface area (Å²) in [6.07, 6.45) is 0. The standard InChI is InChI=1S/C11H16O2/c1-7-4-5-8(2)11(13)10(7)9(3)6-12/h4-5,9,12-13H,6H2,1-3H3. The lowest BCUT2D eigenvalue weighted by Crippen LogP contribution is -2.02. The van der Waals surface area contributed by atoms with Gasteiger partial charge in [0.25, 0.3) is 0 Å². The molecular weight excluding hydrogens is 164 g/mol. The molecule has 1 aromatic carbocycles. The Bertz CT molecular complexity index is 305. The van der Waals surface area contributed by atoms with Gasteiger partial charge in [-0.05, 0) is 25.0 Å². The summed E-state index contributed by atoms with van der Waals surface area (Å²) >= 11 is 0. The highest BCUT2D eigenvalue weighted by Gasteiger charge is 2.13. The molecule has 0 heterocycles. The fourth-order valence-electron chi connectivity index (χ4n) is 1.53. The minimum absolute atomic E-state index is 0.0000926. The van der Waals surface area contributed by atoms with Gasteiger partial charge < -0.3 is 10.2 Å². The van der Waals surface area contributed by atoms with E-state index in [-0.39, 0.29) is 12.5 Å². The van der Waals surface area contributed by atoms with E-state index in [1.165, 1.54) is 0 Å². The van der Waals surface area contributed by atoms with Crippen LogP contribution in [0.1, 0.15) is 29.5 Å². The molecule has 0 fully saturated rings. The van der Waals surface area contributed by atoms with Crippen molar-refractivity contribution in [2.24, 2.45) is 0 Å². The summed E-state index contributed by atoms with van der Waals surface area (Å²) in [5.41, 5.74) is 2.76. The molecule has 1 atom stereocenters. The van der Waals surface area contributed by atoms with Gasteiger partial charge >= 0.3 is 0 Å². The van der Waals surface area contributed by atoms with Crippen LogP contribution in [0.25, 0.3) is 0 Å². The van der Waals surface area contributed by atoms with E-state index in [1.807, 2.05) is 32.9 Å². The monoisotopic (exact) mass is 180 g/mol. The van der Waals surface area contributed by atoms with Crippen molar-refractivity contribution in [3.05, 3.63) is 28.8 Å². The Labute approximate surface area is 78.8 Å². The van der Waals surface area contributed by atoms with Crippen molar-refractivity contribution in [2.45, 2.75) is 26.7 Å². The summed E-state index contributed by atoms with van der Waals surface area (Å²) in [6.45, 7) is 5.78. The lowest BCUT2D eigenvalue weighted by atomic mass is 9.94. The first-order chi connectivity index (χ1) is 6.07. The molecule has 0 bridgehead atoms. The predicted octanol–water partition coefficient (Wildman–Crippen LogP) is 2.10. The van der Waals surface area contributed by atoms with Gasteiger partial charge in [-0.15, -0.1) is 0 Å². The smallest absolute Gasteiger partial charge is 0.122 e. The van der Waals surface area contributed by atoms with E-state index in [2.05, 4.69) is 0 Å². The molecule has 0 aliphatic carbocycles. The topological polar surface area (TPSA) is 40.5 Å². The van der Waals surface area contributed by atoms with Crippen molar-refractivity contribution in [2.75, 3.05) is 6.61 Å². The molecule has 0 spiro atoms. The van der Waals surface area contributed by atoms with Crippen molar-refractivity contribution in [1.29, 1.82) is 0 Å². The van der Waals surface area contributed by atoms with Crippen LogP contribution < -0.4 is 0 Å². The van der Waals surface area contributed by atoms with Gasteiger partial charge in [0.05, 0.1) is 0 Å². The number of aryl methyl sites for hydroxylation is 2. The van der Waals surface area contributed by atoms with Crippen molar-refractivity contribution < 1.29 is 10.2 Å². The zero-order valence-electron chi connectivity index (χ0n) is 8.33. The molecule has 0 aromatic heterocycles. The Hall–Kier alpha value is -1.02. The van der Waals surface area contributed by atoms with E-state index in [9.17, 15) is 5.11 Å². The molecule has 0 amide bonds. The molecule has 1 aromatic rings. The van der Waals surface area contributed by atoms with Gasteiger partial charge in [-0.3, -0.25) is 0 Å². The molecule has 0 saturated heterocycles. The fraction of sp³-hybridized carbons (Fsp3) is 0.455. The first-order valence-electron chi connectivity index (χ1n) is 4.47. The van der Waals surface area contributed by atoms with Crippen molar-refractivity contribution in [3.8, 4) is 5.75 Å².